The molecular weight excluding hydrogens is 200 g/mol. The standard InChI is InChI=1S/C13H28N2O/c1-2-3-10-16-11-4-9-15-13-7-5-12(14)6-8-13/h12-13,15H,2-11,14H2,1H3. The minimum Gasteiger partial charge on any atom is -0.381 e. The third-order valence-corrected chi connectivity index (χ3v) is 3.31. The van der Waals surface area contributed by atoms with Crippen LogP contribution in [0.1, 0.15) is 51.9 Å². The van der Waals surface area contributed by atoms with E-state index in [1.54, 1.807) is 0 Å². The van der Waals surface area contributed by atoms with E-state index in [9.17, 15) is 0 Å². The van der Waals surface area contributed by atoms with E-state index < -0.39 is 0 Å². The summed E-state index contributed by atoms with van der Waals surface area (Å²) in [5.74, 6) is 0. The number of hydrogen-bond acceptors (Lipinski definition) is 3. The van der Waals surface area contributed by atoms with E-state index in [0.29, 0.717) is 12.1 Å². The SMILES string of the molecule is CCCCOCCCNC1CCC(N)CC1. The summed E-state index contributed by atoms with van der Waals surface area (Å²) in [4.78, 5) is 0. The molecule has 0 aromatic heterocycles. The summed E-state index contributed by atoms with van der Waals surface area (Å²) in [6.45, 7) is 5.11. The third-order valence-electron chi connectivity index (χ3n) is 3.31. The van der Waals surface area contributed by atoms with Crippen LogP contribution in [0.4, 0.5) is 0 Å². The Morgan fingerprint density at radius 2 is 1.81 bits per heavy atom. The Labute approximate surface area is 100 Å². The van der Waals surface area contributed by atoms with Gasteiger partial charge in [0.05, 0.1) is 0 Å². The quantitative estimate of drug-likeness (QED) is 0.625. The molecule has 0 aromatic carbocycles. The van der Waals surface area contributed by atoms with E-state index in [4.69, 9.17) is 10.5 Å². The van der Waals surface area contributed by atoms with Crippen LogP contribution < -0.4 is 11.1 Å². The van der Waals surface area contributed by atoms with Gasteiger partial charge in [-0.2, -0.15) is 0 Å². The first-order chi connectivity index (χ1) is 7.83. The highest BCUT2D eigenvalue weighted by atomic mass is 16.5. The Bertz CT molecular complexity index is 156. The van der Waals surface area contributed by atoms with E-state index in [0.717, 1.165) is 26.2 Å². The molecule has 0 aromatic rings. The van der Waals surface area contributed by atoms with Gasteiger partial charge < -0.3 is 15.8 Å². The number of unbranched alkanes of at least 4 members (excludes halogenated alkanes) is 1. The largest absolute Gasteiger partial charge is 0.381 e. The number of ether oxygens (including phenoxy) is 1. The first-order valence-electron chi connectivity index (χ1n) is 6.89. The van der Waals surface area contributed by atoms with Gasteiger partial charge in [-0.1, -0.05) is 13.3 Å². The van der Waals surface area contributed by atoms with Crippen LogP contribution in [-0.4, -0.2) is 31.8 Å². The molecule has 0 spiro atoms. The lowest BCUT2D eigenvalue weighted by atomic mass is 9.92. The lowest BCUT2D eigenvalue weighted by Crippen LogP contribution is -2.37. The zero-order chi connectivity index (χ0) is 11.6. The average molecular weight is 228 g/mol. The van der Waals surface area contributed by atoms with Gasteiger partial charge in [-0.15, -0.1) is 0 Å². The molecule has 3 nitrogen and oxygen atoms in total. The van der Waals surface area contributed by atoms with Crippen LogP contribution in [0.3, 0.4) is 0 Å². The molecule has 3 N–H and O–H groups in total. The van der Waals surface area contributed by atoms with Crippen LogP contribution >= 0.6 is 0 Å². The monoisotopic (exact) mass is 228 g/mol. The molecule has 3 heteroatoms. The lowest BCUT2D eigenvalue weighted by Gasteiger charge is -2.26. The molecule has 0 aliphatic heterocycles. The van der Waals surface area contributed by atoms with Gasteiger partial charge in [0, 0.05) is 25.3 Å². The van der Waals surface area contributed by atoms with Crippen molar-refractivity contribution in [2.24, 2.45) is 5.73 Å². The van der Waals surface area contributed by atoms with Gasteiger partial charge in [0.15, 0.2) is 0 Å². The van der Waals surface area contributed by atoms with Crippen molar-refractivity contribution in [1.29, 1.82) is 0 Å². The molecule has 0 atom stereocenters. The van der Waals surface area contributed by atoms with Gasteiger partial charge in [-0.25, -0.2) is 0 Å². The fraction of sp³-hybridized carbons (Fsp3) is 1.00. The van der Waals surface area contributed by atoms with Crippen LogP contribution in [0, 0.1) is 0 Å². The van der Waals surface area contributed by atoms with Gasteiger partial charge in [0.1, 0.15) is 0 Å². The molecule has 16 heavy (non-hydrogen) atoms. The molecule has 1 aliphatic carbocycles. The first kappa shape index (κ1) is 13.9. The van der Waals surface area contributed by atoms with Crippen molar-refractivity contribution in [2.75, 3.05) is 19.8 Å². The molecule has 96 valence electrons. The first-order valence-corrected chi connectivity index (χ1v) is 6.89. The number of nitrogens with one attached hydrogen (secondary N) is 1. The molecule has 1 aliphatic rings. The van der Waals surface area contributed by atoms with Gasteiger partial charge in [0.2, 0.25) is 0 Å². The predicted octanol–water partition coefficient (Wildman–Crippen LogP) is 2.05. The summed E-state index contributed by atoms with van der Waals surface area (Å²) in [7, 11) is 0. The minimum atomic E-state index is 0.454. The Kier molecular flexibility index (Phi) is 7.81. The highest BCUT2D eigenvalue weighted by Crippen LogP contribution is 2.16. The molecule has 0 radical (unpaired) electrons. The zero-order valence-corrected chi connectivity index (χ0v) is 10.7. The van der Waals surface area contributed by atoms with Gasteiger partial charge in [0.25, 0.3) is 0 Å². The second-order valence-corrected chi connectivity index (χ2v) is 4.89. The highest BCUT2D eigenvalue weighted by molar-refractivity contribution is 4.78. The minimum absolute atomic E-state index is 0.454. The van der Waals surface area contributed by atoms with Crippen LogP contribution in [0.5, 0.6) is 0 Å². The topological polar surface area (TPSA) is 47.3 Å². The molecule has 1 rings (SSSR count). The van der Waals surface area contributed by atoms with Crippen molar-refractivity contribution >= 4 is 0 Å². The summed E-state index contributed by atoms with van der Waals surface area (Å²) in [5.41, 5.74) is 5.87. The van der Waals surface area contributed by atoms with Crippen molar-refractivity contribution in [3.05, 3.63) is 0 Å². The zero-order valence-electron chi connectivity index (χ0n) is 10.7. The van der Waals surface area contributed by atoms with Crippen LogP contribution in [-0.2, 0) is 4.74 Å². The molecule has 0 heterocycles. The number of rotatable bonds is 8. The van der Waals surface area contributed by atoms with Gasteiger partial charge in [-0.05, 0) is 45.1 Å². The van der Waals surface area contributed by atoms with E-state index in [-0.39, 0.29) is 0 Å². The van der Waals surface area contributed by atoms with E-state index in [2.05, 4.69) is 12.2 Å². The fourth-order valence-electron chi connectivity index (χ4n) is 2.15. The van der Waals surface area contributed by atoms with Crippen LogP contribution in [0.25, 0.3) is 0 Å². The van der Waals surface area contributed by atoms with Crippen LogP contribution in [0.15, 0.2) is 0 Å². The molecule has 0 amide bonds. The Hall–Kier alpha value is -0.120. The van der Waals surface area contributed by atoms with Crippen molar-refractivity contribution < 1.29 is 4.74 Å². The highest BCUT2D eigenvalue weighted by Gasteiger charge is 2.17. The van der Waals surface area contributed by atoms with E-state index in [1.165, 1.54) is 38.5 Å². The van der Waals surface area contributed by atoms with E-state index in [1.807, 2.05) is 0 Å². The molecule has 1 fully saturated rings. The lowest BCUT2D eigenvalue weighted by molar-refractivity contribution is 0.127. The predicted molar refractivity (Wildman–Crippen MR) is 68.6 cm³/mol. The van der Waals surface area contributed by atoms with Crippen molar-refractivity contribution in [3.8, 4) is 0 Å². The second kappa shape index (κ2) is 8.97. The van der Waals surface area contributed by atoms with Crippen LogP contribution in [0.2, 0.25) is 0 Å². The Morgan fingerprint density at radius 1 is 1.12 bits per heavy atom. The summed E-state index contributed by atoms with van der Waals surface area (Å²) in [5, 5.41) is 3.60. The Morgan fingerprint density at radius 3 is 2.50 bits per heavy atom. The molecular formula is C13H28N2O. The number of nitrogens with two attached hydrogens (primary N) is 1. The maximum atomic E-state index is 5.87. The van der Waals surface area contributed by atoms with Gasteiger partial charge >= 0.3 is 0 Å². The van der Waals surface area contributed by atoms with E-state index >= 15 is 0 Å². The fourth-order valence-corrected chi connectivity index (χ4v) is 2.15. The second-order valence-electron chi connectivity index (χ2n) is 4.89. The molecule has 0 bridgehead atoms. The maximum absolute atomic E-state index is 5.87. The number of hydrogen-bond donors (Lipinski definition) is 2. The maximum Gasteiger partial charge on any atom is 0.0478 e. The molecule has 1 saturated carbocycles. The smallest absolute Gasteiger partial charge is 0.0478 e. The van der Waals surface area contributed by atoms with Gasteiger partial charge in [-0.3, -0.25) is 0 Å². The summed E-state index contributed by atoms with van der Waals surface area (Å²) >= 11 is 0. The molecule has 0 saturated heterocycles. The van der Waals surface area contributed by atoms with Crippen molar-refractivity contribution in [1.82, 2.24) is 5.32 Å². The average Bonchev–Trinajstić information content (AvgIpc) is 2.30. The third kappa shape index (κ3) is 6.46. The summed E-state index contributed by atoms with van der Waals surface area (Å²) in [6, 6.07) is 1.16. The van der Waals surface area contributed by atoms with Crippen molar-refractivity contribution in [2.45, 2.75) is 64.0 Å². The van der Waals surface area contributed by atoms with Crippen molar-refractivity contribution in [3.63, 3.8) is 0 Å². The normalized spacial score (nSPS) is 25.9. The molecule has 0 unspecified atom stereocenters. The summed E-state index contributed by atoms with van der Waals surface area (Å²) < 4.78 is 5.52. The Balaban J connectivity index is 1.84. The summed E-state index contributed by atoms with van der Waals surface area (Å²) in [6.07, 6.45) is 8.41.